The maximum Gasteiger partial charge on any atom is 0.345 e. The fourth-order valence-electron chi connectivity index (χ4n) is 2.33. The molecule has 1 aromatic heterocycles. The van der Waals surface area contributed by atoms with Gasteiger partial charge in [0.1, 0.15) is 0 Å². The Morgan fingerprint density at radius 1 is 0.880 bits per heavy atom. The molecule has 25 heavy (non-hydrogen) atoms. The molecule has 0 saturated heterocycles. The summed E-state index contributed by atoms with van der Waals surface area (Å²) < 4.78 is 28.4. The Morgan fingerprint density at radius 3 is 1.96 bits per heavy atom. The summed E-state index contributed by atoms with van der Waals surface area (Å²) in [5.74, 6) is 0.503. The largest absolute Gasteiger partial charge is 0.345 e. The van der Waals surface area contributed by atoms with E-state index in [1.165, 1.54) is 6.20 Å². The zero-order chi connectivity index (χ0) is 17.5. The lowest BCUT2D eigenvalue weighted by Gasteiger charge is -2.08. The minimum absolute atomic E-state index is 0.182. The molecule has 3 nitrogen and oxygen atoms in total. The molecule has 126 valence electrons. The molecule has 3 aromatic rings. The fourth-order valence-corrected chi connectivity index (χ4v) is 2.33. The van der Waals surface area contributed by atoms with Crippen molar-refractivity contribution in [2.24, 2.45) is 4.99 Å². The van der Waals surface area contributed by atoms with Crippen LogP contribution in [-0.4, -0.2) is 17.3 Å². The third-order valence-electron chi connectivity index (χ3n) is 3.51. The zero-order valence-electron chi connectivity index (χ0n) is 13.3. The lowest BCUT2D eigenvalue weighted by atomic mass is 10.0. The zero-order valence-corrected chi connectivity index (χ0v) is 13.3. The third kappa shape index (κ3) is 4.78. The summed E-state index contributed by atoms with van der Waals surface area (Å²) in [5, 5.41) is 0. The Morgan fingerprint density at radius 2 is 1.48 bits per heavy atom. The van der Waals surface area contributed by atoms with Gasteiger partial charge in [-0.3, -0.25) is 0 Å². The Hall–Kier alpha value is -2.92. The predicted octanol–water partition coefficient (Wildman–Crippen LogP) is 4.99. The molecular formula is C20H16F2N2O. The molecule has 0 N–H and O–H groups in total. The monoisotopic (exact) mass is 338 g/mol. The van der Waals surface area contributed by atoms with Crippen LogP contribution in [0.15, 0.2) is 84.0 Å². The van der Waals surface area contributed by atoms with Crippen molar-refractivity contribution in [3.05, 3.63) is 95.7 Å². The van der Waals surface area contributed by atoms with Crippen LogP contribution in [-0.2, 0) is 11.3 Å². The van der Waals surface area contributed by atoms with E-state index in [0.717, 1.165) is 16.8 Å². The summed E-state index contributed by atoms with van der Waals surface area (Å²) in [6.45, 7) is -2.97. The molecule has 0 atom stereocenters. The van der Waals surface area contributed by atoms with Crippen LogP contribution >= 0.6 is 0 Å². The van der Waals surface area contributed by atoms with Crippen molar-refractivity contribution in [2.45, 2.75) is 13.2 Å². The van der Waals surface area contributed by atoms with Crippen molar-refractivity contribution in [2.75, 3.05) is 0 Å². The molecule has 2 aromatic carbocycles. The maximum atomic E-state index is 12.1. The minimum Gasteiger partial charge on any atom is -0.318 e. The van der Waals surface area contributed by atoms with Gasteiger partial charge in [-0.1, -0.05) is 66.7 Å². The first-order valence-electron chi connectivity index (χ1n) is 7.76. The predicted molar refractivity (Wildman–Crippen MR) is 93.2 cm³/mol. The summed E-state index contributed by atoms with van der Waals surface area (Å²) in [4.78, 5) is 8.89. The van der Waals surface area contributed by atoms with Crippen LogP contribution in [0.1, 0.15) is 16.7 Å². The molecule has 0 aliphatic heterocycles. The molecule has 0 unspecified atom stereocenters. The number of rotatable bonds is 6. The number of nitrogens with zero attached hydrogens (tertiary/aromatic N) is 2. The Kier molecular flexibility index (Phi) is 5.59. The number of pyridine rings is 1. The number of benzene rings is 2. The summed E-state index contributed by atoms with van der Waals surface area (Å²) in [6.07, 6.45) is 1.49. The Labute approximate surface area is 144 Å². The number of hydrogen-bond donors (Lipinski definition) is 0. The van der Waals surface area contributed by atoms with Gasteiger partial charge in [-0.05, 0) is 11.6 Å². The highest BCUT2D eigenvalue weighted by Gasteiger charge is 2.08. The van der Waals surface area contributed by atoms with E-state index in [4.69, 9.17) is 0 Å². The highest BCUT2D eigenvalue weighted by Crippen LogP contribution is 2.17. The van der Waals surface area contributed by atoms with E-state index in [0.29, 0.717) is 11.4 Å². The molecular weight excluding hydrogens is 322 g/mol. The second kappa shape index (κ2) is 8.26. The van der Waals surface area contributed by atoms with Crippen LogP contribution in [0.5, 0.6) is 0 Å². The van der Waals surface area contributed by atoms with Crippen LogP contribution in [0, 0.1) is 0 Å². The Bertz CT molecular complexity index is 778. The number of alkyl halides is 2. The fraction of sp³-hybridized carbons (Fsp3) is 0.100. The van der Waals surface area contributed by atoms with E-state index in [1.807, 2.05) is 60.7 Å². The smallest absolute Gasteiger partial charge is 0.318 e. The second-order valence-corrected chi connectivity index (χ2v) is 5.29. The van der Waals surface area contributed by atoms with Crippen molar-refractivity contribution >= 4 is 11.5 Å². The molecule has 0 aliphatic rings. The van der Waals surface area contributed by atoms with Gasteiger partial charge in [0.15, 0.2) is 5.82 Å². The van der Waals surface area contributed by atoms with Crippen molar-refractivity contribution in [1.29, 1.82) is 0 Å². The number of halogens is 2. The SMILES string of the molecule is FC(F)OCc1ccc(N=C(c2ccccc2)c2ccccc2)nc1. The van der Waals surface area contributed by atoms with E-state index >= 15 is 0 Å². The summed E-state index contributed by atoms with van der Waals surface area (Å²) >= 11 is 0. The van der Waals surface area contributed by atoms with Crippen molar-refractivity contribution in [3.8, 4) is 0 Å². The van der Waals surface area contributed by atoms with Crippen molar-refractivity contribution in [3.63, 3.8) is 0 Å². The summed E-state index contributed by atoms with van der Waals surface area (Å²) in [5.41, 5.74) is 3.31. The lowest BCUT2D eigenvalue weighted by Crippen LogP contribution is -2.03. The molecule has 0 fully saturated rings. The molecule has 0 spiro atoms. The van der Waals surface area contributed by atoms with Crippen LogP contribution in [0.2, 0.25) is 0 Å². The molecule has 0 radical (unpaired) electrons. The molecule has 3 rings (SSSR count). The van der Waals surface area contributed by atoms with Gasteiger partial charge in [0, 0.05) is 17.3 Å². The van der Waals surface area contributed by atoms with Gasteiger partial charge in [-0.2, -0.15) is 8.78 Å². The molecule has 0 aliphatic carbocycles. The van der Waals surface area contributed by atoms with Gasteiger partial charge in [0.25, 0.3) is 0 Å². The number of aromatic nitrogens is 1. The highest BCUT2D eigenvalue weighted by molar-refractivity contribution is 6.13. The quantitative estimate of drug-likeness (QED) is 0.593. The van der Waals surface area contributed by atoms with Crippen LogP contribution in [0.3, 0.4) is 0 Å². The van der Waals surface area contributed by atoms with Gasteiger partial charge >= 0.3 is 6.61 Å². The number of aliphatic imine (C=N–C) groups is 1. The van der Waals surface area contributed by atoms with Crippen molar-refractivity contribution in [1.82, 2.24) is 4.98 Å². The third-order valence-corrected chi connectivity index (χ3v) is 3.51. The highest BCUT2D eigenvalue weighted by atomic mass is 19.3. The second-order valence-electron chi connectivity index (χ2n) is 5.29. The first-order valence-corrected chi connectivity index (χ1v) is 7.76. The number of hydrogen-bond acceptors (Lipinski definition) is 3. The summed E-state index contributed by atoms with van der Waals surface area (Å²) in [6, 6.07) is 23.0. The van der Waals surface area contributed by atoms with Gasteiger partial charge in [0.05, 0.1) is 12.3 Å². The molecule has 0 bridgehead atoms. The normalized spacial score (nSPS) is 10.7. The maximum absolute atomic E-state index is 12.1. The van der Waals surface area contributed by atoms with Gasteiger partial charge < -0.3 is 4.74 Å². The lowest BCUT2D eigenvalue weighted by molar-refractivity contribution is -0.137. The van der Waals surface area contributed by atoms with Crippen LogP contribution < -0.4 is 0 Å². The minimum atomic E-state index is -2.79. The van der Waals surface area contributed by atoms with E-state index in [2.05, 4.69) is 14.7 Å². The van der Waals surface area contributed by atoms with E-state index in [9.17, 15) is 8.78 Å². The van der Waals surface area contributed by atoms with Gasteiger partial charge in [-0.25, -0.2) is 9.98 Å². The topological polar surface area (TPSA) is 34.5 Å². The van der Waals surface area contributed by atoms with Crippen LogP contribution in [0.25, 0.3) is 0 Å². The average molecular weight is 338 g/mol. The molecule has 1 heterocycles. The van der Waals surface area contributed by atoms with E-state index in [-0.39, 0.29) is 6.61 Å². The first-order chi connectivity index (χ1) is 12.2. The number of ether oxygens (including phenoxy) is 1. The van der Waals surface area contributed by atoms with Crippen LogP contribution in [0.4, 0.5) is 14.6 Å². The average Bonchev–Trinajstić information content (AvgIpc) is 2.67. The van der Waals surface area contributed by atoms with E-state index < -0.39 is 6.61 Å². The molecule has 0 amide bonds. The standard InChI is InChI=1S/C20H16F2N2O/c21-20(22)25-14-15-11-12-18(23-13-15)24-19(16-7-3-1-4-8-16)17-9-5-2-6-10-17/h1-13,20H,14H2. The summed E-state index contributed by atoms with van der Waals surface area (Å²) in [7, 11) is 0. The van der Waals surface area contributed by atoms with Gasteiger partial charge in [0.2, 0.25) is 0 Å². The van der Waals surface area contributed by atoms with E-state index in [1.54, 1.807) is 12.1 Å². The van der Waals surface area contributed by atoms with Crippen molar-refractivity contribution < 1.29 is 13.5 Å². The Balaban J connectivity index is 1.91. The first kappa shape index (κ1) is 16.9. The molecule has 5 heteroatoms. The molecule has 0 saturated carbocycles. The van der Waals surface area contributed by atoms with Gasteiger partial charge in [-0.15, -0.1) is 0 Å².